The van der Waals surface area contributed by atoms with Gasteiger partial charge in [0.15, 0.2) is 0 Å². The third-order valence-electron chi connectivity index (χ3n) is 22.9. The summed E-state index contributed by atoms with van der Waals surface area (Å²) in [6.45, 7) is 0. The van der Waals surface area contributed by atoms with E-state index in [2.05, 4.69) is 4.90 Å². The van der Waals surface area contributed by atoms with E-state index in [1.165, 1.54) is 96.3 Å². The smallest absolute Gasteiger partial charge is 0.0667 e. The van der Waals surface area contributed by atoms with Gasteiger partial charge in [0, 0.05) is 24.0 Å². The molecule has 0 aromatic carbocycles. The Morgan fingerprint density at radius 1 is 0.254 bits per heavy atom. The molecule has 2 heterocycles. The predicted octanol–water partition coefficient (Wildman–Crippen LogP) is 14.3. The van der Waals surface area contributed by atoms with Crippen molar-refractivity contribution in [3.8, 4) is 0 Å². The van der Waals surface area contributed by atoms with Crippen LogP contribution >= 0.6 is 0 Å². The third-order valence-corrected chi connectivity index (χ3v) is 22.9. The third kappa shape index (κ3) is 7.73. The van der Waals surface area contributed by atoms with Crippen LogP contribution in [0.5, 0.6) is 0 Å². The average molecular weight is 810 g/mol. The number of rotatable bonds is 6. The van der Waals surface area contributed by atoms with E-state index in [0.717, 1.165) is 101 Å². The van der Waals surface area contributed by atoms with Crippen molar-refractivity contribution in [2.24, 2.45) is 82.9 Å². The highest BCUT2D eigenvalue weighted by molar-refractivity contribution is 5.08. The molecule has 332 valence electrons. The summed E-state index contributed by atoms with van der Waals surface area (Å²) in [5.41, 5.74) is 0. The summed E-state index contributed by atoms with van der Waals surface area (Å²) < 4.78 is 14.4. The quantitative estimate of drug-likeness (QED) is 0.267. The Morgan fingerprint density at radius 2 is 0.763 bits per heavy atom. The number of nitrogens with zero attached hydrogens (tertiary/aromatic N) is 1. The van der Waals surface area contributed by atoms with Crippen molar-refractivity contribution < 1.29 is 9.47 Å². The fourth-order valence-electron chi connectivity index (χ4n) is 20.4. The predicted molar refractivity (Wildman–Crippen MR) is 241 cm³/mol. The van der Waals surface area contributed by atoms with Crippen LogP contribution in [0.4, 0.5) is 0 Å². The molecule has 0 N–H and O–H groups in total. The summed E-state index contributed by atoms with van der Waals surface area (Å²) in [7, 11) is 0. The molecule has 10 aliphatic carbocycles. The molecule has 59 heavy (non-hydrogen) atoms. The van der Waals surface area contributed by atoms with Gasteiger partial charge in [-0.15, -0.1) is 0 Å². The molecular weight excluding hydrogens is 719 g/mol. The summed E-state index contributed by atoms with van der Waals surface area (Å²) in [6, 6.07) is 2.71. The normalized spacial score (nSPS) is 53.0. The van der Waals surface area contributed by atoms with E-state index in [-0.39, 0.29) is 0 Å². The van der Waals surface area contributed by atoms with E-state index in [9.17, 15) is 0 Å². The maximum atomic E-state index is 7.55. The highest BCUT2D eigenvalue weighted by atomic mass is 16.5. The molecule has 12 fully saturated rings. The second-order valence-electron chi connectivity index (χ2n) is 25.1. The molecule has 12 aliphatic rings. The van der Waals surface area contributed by atoms with Crippen molar-refractivity contribution in [2.45, 2.75) is 267 Å². The monoisotopic (exact) mass is 810 g/mol. The first-order valence-corrected chi connectivity index (χ1v) is 28.3. The van der Waals surface area contributed by atoms with Crippen molar-refractivity contribution in [1.29, 1.82) is 0 Å². The van der Waals surface area contributed by atoms with Crippen molar-refractivity contribution in [2.75, 3.05) is 0 Å². The number of hydrogen-bond donors (Lipinski definition) is 0. The topological polar surface area (TPSA) is 21.7 Å². The van der Waals surface area contributed by atoms with Gasteiger partial charge in [0.25, 0.3) is 0 Å². The number of ether oxygens (including phenoxy) is 2. The van der Waals surface area contributed by atoms with Gasteiger partial charge in [0.1, 0.15) is 0 Å². The van der Waals surface area contributed by atoms with Crippen LogP contribution in [-0.4, -0.2) is 47.4 Å². The highest BCUT2D eigenvalue weighted by Gasteiger charge is 2.60. The Bertz CT molecular complexity index is 1370. The lowest BCUT2D eigenvalue weighted by Crippen LogP contribution is -2.54. The fourth-order valence-corrected chi connectivity index (χ4v) is 20.4. The van der Waals surface area contributed by atoms with Gasteiger partial charge in [-0.2, -0.15) is 0 Å². The Balaban J connectivity index is 0.707. The van der Waals surface area contributed by atoms with Gasteiger partial charge in [-0.25, -0.2) is 0 Å². The standard InChI is InChI=1S/C56H91NO2/c1-2-10-36(11-3-1)37-22-27-43(28-23-37)57(44-29-24-39(25-30-44)47-16-8-13-38-12-4-5-14-46(38)47)45-31-26-40-34-42(21-20-41(40)35-45)48-17-9-18-49-50-32-33-53-54(56(50)59-55(48)49)51-15-6-7-19-52(51)58-53/h36-56H,1-35H2. The highest BCUT2D eigenvalue weighted by Crippen LogP contribution is 2.60. The summed E-state index contributed by atoms with van der Waals surface area (Å²) in [5.74, 6) is 13.6. The van der Waals surface area contributed by atoms with Crippen LogP contribution in [0.2, 0.25) is 0 Å². The van der Waals surface area contributed by atoms with Crippen LogP contribution in [0.1, 0.15) is 225 Å². The molecule has 0 aromatic rings. The van der Waals surface area contributed by atoms with Crippen LogP contribution in [0.3, 0.4) is 0 Å². The molecule has 2 aliphatic heterocycles. The zero-order valence-corrected chi connectivity index (χ0v) is 38.1. The van der Waals surface area contributed by atoms with E-state index in [4.69, 9.17) is 9.47 Å². The van der Waals surface area contributed by atoms with Crippen LogP contribution in [0, 0.1) is 82.9 Å². The lowest BCUT2D eigenvalue weighted by molar-refractivity contribution is -0.0908. The second-order valence-corrected chi connectivity index (χ2v) is 25.1. The Morgan fingerprint density at radius 3 is 1.59 bits per heavy atom. The summed E-state index contributed by atoms with van der Waals surface area (Å²) in [5, 5.41) is 0. The molecule has 0 amide bonds. The van der Waals surface area contributed by atoms with Gasteiger partial charge in [0.2, 0.25) is 0 Å². The molecule has 16 unspecified atom stereocenters. The maximum absolute atomic E-state index is 7.55. The van der Waals surface area contributed by atoms with E-state index >= 15 is 0 Å². The summed E-state index contributed by atoms with van der Waals surface area (Å²) >= 11 is 0. The molecule has 12 rings (SSSR count). The van der Waals surface area contributed by atoms with Gasteiger partial charge >= 0.3 is 0 Å². The van der Waals surface area contributed by atoms with Gasteiger partial charge in [-0.05, 0) is 218 Å². The minimum absolute atomic E-state index is 0.524. The maximum Gasteiger partial charge on any atom is 0.0667 e. The first kappa shape index (κ1) is 40.4. The molecule has 16 atom stereocenters. The SMILES string of the molecule is C1CCC(C2CCC(N(C3CCC(C4CCCC5CCCCC54)CC3)C3CCC4CC(C5CCCC6C7CCC8OC9CCCCC9C8C7OC56)CCC4C3)CC2)CC1. The minimum atomic E-state index is 0.524. The van der Waals surface area contributed by atoms with Crippen molar-refractivity contribution >= 4 is 0 Å². The average Bonchev–Trinajstić information content (AvgIpc) is 3.88. The van der Waals surface area contributed by atoms with Crippen LogP contribution in [-0.2, 0) is 9.47 Å². The van der Waals surface area contributed by atoms with Gasteiger partial charge in [0.05, 0.1) is 24.4 Å². The summed E-state index contributed by atoms with van der Waals surface area (Å²) in [6.07, 6.45) is 55.4. The molecule has 0 spiro atoms. The van der Waals surface area contributed by atoms with Crippen LogP contribution in [0.25, 0.3) is 0 Å². The van der Waals surface area contributed by atoms with E-state index in [1.54, 1.807) is 128 Å². The molecule has 3 nitrogen and oxygen atoms in total. The van der Waals surface area contributed by atoms with Gasteiger partial charge in [-0.3, -0.25) is 4.90 Å². The Labute approximate surface area is 363 Å². The second kappa shape index (κ2) is 17.7. The largest absolute Gasteiger partial charge is 0.374 e. The first-order valence-electron chi connectivity index (χ1n) is 28.3. The van der Waals surface area contributed by atoms with Crippen molar-refractivity contribution in [3.05, 3.63) is 0 Å². The van der Waals surface area contributed by atoms with Crippen LogP contribution < -0.4 is 0 Å². The van der Waals surface area contributed by atoms with Crippen LogP contribution in [0.15, 0.2) is 0 Å². The van der Waals surface area contributed by atoms with Gasteiger partial charge in [-0.1, -0.05) is 83.5 Å². The molecule has 0 radical (unpaired) electrons. The van der Waals surface area contributed by atoms with Crippen molar-refractivity contribution in [3.63, 3.8) is 0 Å². The number of hydrogen-bond acceptors (Lipinski definition) is 3. The molecule has 0 aromatic heterocycles. The van der Waals surface area contributed by atoms with Crippen molar-refractivity contribution in [1.82, 2.24) is 4.90 Å². The minimum Gasteiger partial charge on any atom is -0.374 e. The number of fused-ring (bicyclic) bond motifs is 9. The molecular formula is C56H91NO2. The zero-order valence-electron chi connectivity index (χ0n) is 38.1. The Hall–Kier alpha value is -0.120. The van der Waals surface area contributed by atoms with E-state index in [1.807, 2.05) is 0 Å². The Kier molecular flexibility index (Phi) is 12.1. The lowest BCUT2D eigenvalue weighted by Gasteiger charge is -2.54. The molecule has 10 saturated carbocycles. The first-order chi connectivity index (χ1) is 29.2. The van der Waals surface area contributed by atoms with E-state index in [0.29, 0.717) is 24.4 Å². The zero-order chi connectivity index (χ0) is 38.9. The molecule has 2 saturated heterocycles. The summed E-state index contributed by atoms with van der Waals surface area (Å²) in [4.78, 5) is 3.39. The van der Waals surface area contributed by atoms with E-state index < -0.39 is 0 Å². The van der Waals surface area contributed by atoms with Gasteiger partial charge < -0.3 is 9.47 Å². The lowest BCUT2D eigenvalue weighted by atomic mass is 9.59. The fraction of sp³-hybridized carbons (Fsp3) is 1.00. The molecule has 0 bridgehead atoms. The molecule has 3 heteroatoms.